The van der Waals surface area contributed by atoms with E-state index in [1.165, 1.54) is 12.1 Å². The lowest BCUT2D eigenvalue weighted by Crippen LogP contribution is -2.30. The number of ether oxygens (including phenoxy) is 1. The van der Waals surface area contributed by atoms with E-state index in [0.717, 1.165) is 6.07 Å². The van der Waals surface area contributed by atoms with Crippen LogP contribution in [0.2, 0.25) is 0 Å². The van der Waals surface area contributed by atoms with Crippen molar-refractivity contribution in [3.8, 4) is 0 Å². The second-order valence-corrected chi connectivity index (χ2v) is 4.57. The second kappa shape index (κ2) is 6.33. The highest BCUT2D eigenvalue weighted by Gasteiger charge is 2.23. The van der Waals surface area contributed by atoms with E-state index in [9.17, 15) is 9.18 Å². The molecule has 0 radical (unpaired) electrons. The zero-order valence-electron chi connectivity index (χ0n) is 10.8. The molecule has 2 rings (SSSR count). The van der Waals surface area contributed by atoms with E-state index in [0.29, 0.717) is 25.2 Å². The number of oxime groups is 1. The molecule has 7 heteroatoms. The van der Waals surface area contributed by atoms with E-state index < -0.39 is 5.82 Å². The molecule has 0 bridgehead atoms. The van der Waals surface area contributed by atoms with Gasteiger partial charge >= 0.3 is 0 Å². The minimum absolute atomic E-state index is 0.0949. The summed E-state index contributed by atoms with van der Waals surface area (Å²) < 4.78 is 18.9. The molecule has 1 unspecified atom stereocenters. The van der Waals surface area contributed by atoms with Crippen LogP contribution in [0.1, 0.15) is 17.5 Å². The van der Waals surface area contributed by atoms with Gasteiger partial charge in [0.15, 0.2) is 5.84 Å². The second-order valence-electron chi connectivity index (χ2n) is 4.57. The van der Waals surface area contributed by atoms with Gasteiger partial charge in [-0.1, -0.05) is 17.3 Å². The molecule has 1 fully saturated rings. The van der Waals surface area contributed by atoms with Crippen molar-refractivity contribution in [2.75, 3.05) is 13.2 Å². The fourth-order valence-electron chi connectivity index (χ4n) is 1.98. The van der Waals surface area contributed by atoms with Crippen LogP contribution in [0.3, 0.4) is 0 Å². The monoisotopic (exact) mass is 281 g/mol. The van der Waals surface area contributed by atoms with E-state index in [1.54, 1.807) is 0 Å². The zero-order chi connectivity index (χ0) is 14.5. The fourth-order valence-corrected chi connectivity index (χ4v) is 1.98. The van der Waals surface area contributed by atoms with Gasteiger partial charge in [-0.2, -0.15) is 0 Å². The summed E-state index contributed by atoms with van der Waals surface area (Å²) in [5.74, 6) is -0.975. The summed E-state index contributed by atoms with van der Waals surface area (Å²) >= 11 is 0. The van der Waals surface area contributed by atoms with Crippen molar-refractivity contribution in [1.29, 1.82) is 0 Å². The molecular weight excluding hydrogens is 265 g/mol. The predicted molar refractivity (Wildman–Crippen MR) is 69.7 cm³/mol. The minimum atomic E-state index is -0.517. The third-order valence-corrected chi connectivity index (χ3v) is 3.21. The largest absolute Gasteiger partial charge is 0.409 e. The lowest BCUT2D eigenvalue weighted by molar-refractivity contribution is -0.125. The average Bonchev–Trinajstić information content (AvgIpc) is 2.99. The number of halogens is 1. The molecule has 20 heavy (non-hydrogen) atoms. The molecular formula is C13H16FN3O3. The first-order valence-corrected chi connectivity index (χ1v) is 6.23. The summed E-state index contributed by atoms with van der Waals surface area (Å²) in [4.78, 5) is 11.8. The van der Waals surface area contributed by atoms with Crippen LogP contribution in [0.4, 0.5) is 4.39 Å². The summed E-state index contributed by atoms with van der Waals surface area (Å²) in [5, 5.41) is 14.0. The molecule has 1 atom stereocenters. The Morgan fingerprint density at radius 2 is 2.40 bits per heavy atom. The van der Waals surface area contributed by atoms with Gasteiger partial charge in [0.05, 0.1) is 12.5 Å². The van der Waals surface area contributed by atoms with Crippen molar-refractivity contribution >= 4 is 11.7 Å². The quantitative estimate of drug-likeness (QED) is 0.325. The van der Waals surface area contributed by atoms with Crippen molar-refractivity contribution in [3.05, 3.63) is 35.1 Å². The maximum atomic E-state index is 13.8. The Hall–Kier alpha value is -2.15. The van der Waals surface area contributed by atoms with Gasteiger partial charge in [-0.15, -0.1) is 0 Å². The topological polar surface area (TPSA) is 96.9 Å². The Morgan fingerprint density at radius 1 is 1.60 bits per heavy atom. The number of amidine groups is 1. The molecule has 1 amide bonds. The van der Waals surface area contributed by atoms with Crippen LogP contribution in [-0.2, 0) is 16.1 Å². The number of rotatable bonds is 4. The first-order chi connectivity index (χ1) is 9.61. The lowest BCUT2D eigenvalue weighted by atomic mass is 10.1. The zero-order valence-corrected chi connectivity index (χ0v) is 10.8. The summed E-state index contributed by atoms with van der Waals surface area (Å²) in [6, 6.07) is 4.18. The van der Waals surface area contributed by atoms with E-state index in [-0.39, 0.29) is 29.8 Å². The van der Waals surface area contributed by atoms with E-state index in [2.05, 4.69) is 10.5 Å². The maximum Gasteiger partial charge on any atom is 0.225 e. The molecule has 0 aliphatic carbocycles. The van der Waals surface area contributed by atoms with Crippen molar-refractivity contribution in [1.82, 2.24) is 5.32 Å². The number of carbonyl (C=O) groups excluding carboxylic acids is 1. The Morgan fingerprint density at radius 3 is 3.00 bits per heavy atom. The SMILES string of the molecule is NC(=NO)c1ccc(CNC(=O)C2CCOC2)c(F)c1. The van der Waals surface area contributed by atoms with Gasteiger partial charge in [0.2, 0.25) is 5.91 Å². The Labute approximate surface area is 115 Å². The van der Waals surface area contributed by atoms with Crippen LogP contribution in [0.5, 0.6) is 0 Å². The molecule has 1 aliphatic heterocycles. The van der Waals surface area contributed by atoms with Crippen molar-refractivity contribution in [2.24, 2.45) is 16.8 Å². The van der Waals surface area contributed by atoms with Crippen LogP contribution >= 0.6 is 0 Å². The molecule has 0 saturated carbocycles. The Kier molecular flexibility index (Phi) is 4.52. The fraction of sp³-hybridized carbons (Fsp3) is 0.385. The van der Waals surface area contributed by atoms with E-state index >= 15 is 0 Å². The molecule has 1 aromatic carbocycles. The summed E-state index contributed by atoms with van der Waals surface area (Å²) in [7, 11) is 0. The number of amides is 1. The van der Waals surface area contributed by atoms with E-state index in [1.807, 2.05) is 0 Å². The van der Waals surface area contributed by atoms with Gasteiger partial charge in [-0.05, 0) is 12.5 Å². The number of benzene rings is 1. The highest BCUT2D eigenvalue weighted by atomic mass is 19.1. The third-order valence-electron chi connectivity index (χ3n) is 3.21. The Bertz CT molecular complexity index is 528. The Balaban J connectivity index is 1.97. The third kappa shape index (κ3) is 3.24. The first kappa shape index (κ1) is 14.3. The number of nitrogens with zero attached hydrogens (tertiary/aromatic N) is 1. The number of hydrogen-bond donors (Lipinski definition) is 3. The van der Waals surface area contributed by atoms with Gasteiger partial charge < -0.3 is 21.0 Å². The van der Waals surface area contributed by atoms with E-state index in [4.69, 9.17) is 15.7 Å². The highest BCUT2D eigenvalue weighted by molar-refractivity contribution is 5.97. The first-order valence-electron chi connectivity index (χ1n) is 6.23. The highest BCUT2D eigenvalue weighted by Crippen LogP contribution is 2.14. The number of hydrogen-bond acceptors (Lipinski definition) is 4. The molecule has 1 saturated heterocycles. The van der Waals surface area contributed by atoms with Gasteiger partial charge in [0.1, 0.15) is 5.82 Å². The van der Waals surface area contributed by atoms with Crippen molar-refractivity contribution in [2.45, 2.75) is 13.0 Å². The normalized spacial score (nSPS) is 19.1. The molecule has 0 aromatic heterocycles. The molecule has 1 aliphatic rings. The van der Waals surface area contributed by atoms with Gasteiger partial charge in [0.25, 0.3) is 0 Å². The van der Waals surface area contributed by atoms with Crippen LogP contribution < -0.4 is 11.1 Å². The van der Waals surface area contributed by atoms with Crippen molar-refractivity contribution in [3.63, 3.8) is 0 Å². The van der Waals surface area contributed by atoms with Crippen LogP contribution in [0.15, 0.2) is 23.4 Å². The van der Waals surface area contributed by atoms with Crippen molar-refractivity contribution < 1.29 is 19.1 Å². The molecule has 1 aromatic rings. The molecule has 1 heterocycles. The summed E-state index contributed by atoms with van der Waals surface area (Å²) in [6.45, 7) is 1.09. The number of nitrogens with one attached hydrogen (secondary N) is 1. The smallest absolute Gasteiger partial charge is 0.225 e. The lowest BCUT2D eigenvalue weighted by Gasteiger charge is -2.10. The standard InChI is InChI=1S/C13H16FN3O3/c14-11-5-8(12(15)17-19)1-2-9(11)6-16-13(18)10-3-4-20-7-10/h1-2,5,10,19H,3-4,6-7H2,(H2,15,17)(H,16,18). The van der Waals surface area contributed by atoms with Gasteiger partial charge in [-0.3, -0.25) is 4.79 Å². The van der Waals surface area contributed by atoms with Crippen LogP contribution in [0.25, 0.3) is 0 Å². The summed E-state index contributed by atoms with van der Waals surface area (Å²) in [5.41, 5.74) is 5.99. The minimum Gasteiger partial charge on any atom is -0.409 e. The van der Waals surface area contributed by atoms with Gasteiger partial charge in [0, 0.05) is 24.3 Å². The average molecular weight is 281 g/mol. The number of nitrogens with two attached hydrogens (primary N) is 1. The van der Waals surface area contributed by atoms with Crippen LogP contribution in [0, 0.1) is 11.7 Å². The molecule has 4 N–H and O–H groups in total. The number of carbonyl (C=O) groups is 1. The maximum absolute atomic E-state index is 13.8. The predicted octanol–water partition coefficient (Wildman–Crippen LogP) is 0.573. The molecule has 108 valence electrons. The van der Waals surface area contributed by atoms with Gasteiger partial charge in [-0.25, -0.2) is 4.39 Å². The molecule has 0 spiro atoms. The molecule has 6 nitrogen and oxygen atoms in total. The summed E-state index contributed by atoms with van der Waals surface area (Å²) in [6.07, 6.45) is 0.691. The van der Waals surface area contributed by atoms with Crippen LogP contribution in [-0.4, -0.2) is 30.2 Å².